The van der Waals surface area contributed by atoms with E-state index in [1.165, 1.54) is 141 Å². The standard InChI is InChI=1S/C52H102O7/c1-7-13-19-21-23-25-27-37-47-57-51(41-31-29-39-49(53-43-33-15-9-3)54-44-34-16-10-4)59-52(58-48-38-28-26-24-22-20-14-8-2)42-32-30-40-50(55-45-35-17-11-5)56-46-36-18-12-6/h31-32,41-42,49-52H,7-30,33-40,43-48H2,1-6H3. The van der Waals surface area contributed by atoms with Crippen LogP contribution in [0.25, 0.3) is 0 Å². The third kappa shape index (κ3) is 43.6. The summed E-state index contributed by atoms with van der Waals surface area (Å²) in [6, 6.07) is 0. The molecule has 0 aromatic rings. The van der Waals surface area contributed by atoms with Gasteiger partial charge >= 0.3 is 0 Å². The predicted molar refractivity (Wildman–Crippen MR) is 252 cm³/mol. The van der Waals surface area contributed by atoms with Gasteiger partial charge in [0, 0.05) is 39.3 Å². The smallest absolute Gasteiger partial charge is 0.180 e. The van der Waals surface area contributed by atoms with Gasteiger partial charge in [0.2, 0.25) is 0 Å². The minimum atomic E-state index is -0.487. The zero-order chi connectivity index (χ0) is 43.0. The molecule has 2 atom stereocenters. The van der Waals surface area contributed by atoms with Crippen molar-refractivity contribution in [2.24, 2.45) is 0 Å². The average molecular weight is 839 g/mol. The zero-order valence-electron chi connectivity index (χ0n) is 40.3. The van der Waals surface area contributed by atoms with Gasteiger partial charge in [-0.05, 0) is 63.5 Å². The number of rotatable bonds is 50. The van der Waals surface area contributed by atoms with Crippen molar-refractivity contribution in [2.45, 2.75) is 272 Å². The summed E-state index contributed by atoms with van der Waals surface area (Å²) in [5, 5.41) is 0. The van der Waals surface area contributed by atoms with Crippen molar-refractivity contribution in [1.29, 1.82) is 0 Å². The summed E-state index contributed by atoms with van der Waals surface area (Å²) in [7, 11) is 0. The van der Waals surface area contributed by atoms with Gasteiger partial charge in [0.25, 0.3) is 0 Å². The summed E-state index contributed by atoms with van der Waals surface area (Å²) in [4.78, 5) is 0. The molecule has 0 spiro atoms. The van der Waals surface area contributed by atoms with Gasteiger partial charge in [0.1, 0.15) is 0 Å². The monoisotopic (exact) mass is 839 g/mol. The lowest BCUT2D eigenvalue weighted by Gasteiger charge is -2.22. The molecule has 0 rings (SSSR count). The Morgan fingerprint density at radius 3 is 0.831 bits per heavy atom. The van der Waals surface area contributed by atoms with Crippen LogP contribution in [-0.4, -0.2) is 64.8 Å². The summed E-state index contributed by atoms with van der Waals surface area (Å²) < 4.78 is 44.3. The van der Waals surface area contributed by atoms with E-state index in [4.69, 9.17) is 33.2 Å². The third-order valence-electron chi connectivity index (χ3n) is 10.8. The van der Waals surface area contributed by atoms with Gasteiger partial charge in [-0.3, -0.25) is 0 Å². The van der Waals surface area contributed by atoms with Crippen LogP contribution in [0.1, 0.15) is 247 Å². The van der Waals surface area contributed by atoms with Gasteiger partial charge in [-0.25, -0.2) is 0 Å². The Labute approximate surface area is 368 Å². The molecule has 59 heavy (non-hydrogen) atoms. The summed E-state index contributed by atoms with van der Waals surface area (Å²) >= 11 is 0. The number of hydrogen-bond donors (Lipinski definition) is 0. The molecule has 7 nitrogen and oxygen atoms in total. The highest BCUT2D eigenvalue weighted by Crippen LogP contribution is 2.16. The highest BCUT2D eigenvalue weighted by atomic mass is 16.8. The van der Waals surface area contributed by atoms with E-state index >= 15 is 0 Å². The molecule has 352 valence electrons. The molecule has 0 aliphatic rings. The number of allylic oxidation sites excluding steroid dienone is 2. The summed E-state index contributed by atoms with van der Waals surface area (Å²) in [5.41, 5.74) is 0. The van der Waals surface area contributed by atoms with Crippen LogP contribution in [0, 0.1) is 0 Å². The van der Waals surface area contributed by atoms with Crippen molar-refractivity contribution in [1.82, 2.24) is 0 Å². The fraction of sp³-hybridized carbons (Fsp3) is 0.923. The molecule has 0 saturated carbocycles. The van der Waals surface area contributed by atoms with Crippen molar-refractivity contribution in [3.05, 3.63) is 24.3 Å². The zero-order valence-corrected chi connectivity index (χ0v) is 40.3. The molecule has 0 aliphatic carbocycles. The number of ether oxygens (including phenoxy) is 7. The van der Waals surface area contributed by atoms with Crippen molar-refractivity contribution >= 4 is 0 Å². The van der Waals surface area contributed by atoms with E-state index in [9.17, 15) is 0 Å². The Morgan fingerprint density at radius 2 is 0.525 bits per heavy atom. The second-order valence-corrected chi connectivity index (χ2v) is 16.7. The second-order valence-electron chi connectivity index (χ2n) is 16.7. The maximum atomic E-state index is 6.63. The Morgan fingerprint density at radius 1 is 0.288 bits per heavy atom. The molecule has 0 fully saturated rings. The van der Waals surface area contributed by atoms with E-state index in [1.54, 1.807) is 0 Å². The summed E-state index contributed by atoms with van der Waals surface area (Å²) in [6.45, 7) is 17.8. The topological polar surface area (TPSA) is 64.6 Å². The highest BCUT2D eigenvalue weighted by molar-refractivity contribution is 4.90. The molecule has 0 amide bonds. The Kier molecular flexibility index (Phi) is 49.2. The summed E-state index contributed by atoms with van der Waals surface area (Å²) in [5.74, 6) is 0. The van der Waals surface area contributed by atoms with Crippen LogP contribution < -0.4 is 0 Å². The number of unbranched alkanes of at least 4 members (excludes halogenated alkanes) is 22. The Balaban J connectivity index is 5.66. The lowest BCUT2D eigenvalue weighted by molar-refractivity contribution is -0.208. The first kappa shape index (κ1) is 58.2. The third-order valence-corrected chi connectivity index (χ3v) is 10.8. The molecule has 0 aliphatic heterocycles. The first-order chi connectivity index (χ1) is 29.1. The molecule has 0 aromatic heterocycles. The Hall–Kier alpha value is -0.800. The van der Waals surface area contributed by atoms with Crippen molar-refractivity contribution in [3.8, 4) is 0 Å². The normalized spacial score (nSPS) is 13.3. The predicted octanol–water partition coefficient (Wildman–Crippen LogP) is 16.1. The van der Waals surface area contributed by atoms with Crippen molar-refractivity contribution in [3.63, 3.8) is 0 Å². The van der Waals surface area contributed by atoms with Gasteiger partial charge in [0.05, 0.1) is 13.2 Å². The second kappa shape index (κ2) is 49.9. The largest absolute Gasteiger partial charge is 0.353 e. The SMILES string of the molecule is CCCCCCCCCCOC(C=CCCC(OCCCCC)OCCCCC)OC(C=CCCC(OCCCCC)OCCCCC)OCCCCCCCCCC. The van der Waals surface area contributed by atoms with Gasteiger partial charge < -0.3 is 33.2 Å². The lowest BCUT2D eigenvalue weighted by atomic mass is 10.1. The van der Waals surface area contributed by atoms with Crippen LogP contribution in [0.4, 0.5) is 0 Å². The van der Waals surface area contributed by atoms with Gasteiger partial charge in [-0.1, -0.05) is 195 Å². The van der Waals surface area contributed by atoms with Crippen LogP contribution in [-0.2, 0) is 33.2 Å². The molecular weight excluding hydrogens is 737 g/mol. The van der Waals surface area contributed by atoms with E-state index < -0.39 is 12.6 Å². The minimum Gasteiger partial charge on any atom is -0.353 e. The van der Waals surface area contributed by atoms with Gasteiger partial charge in [-0.15, -0.1) is 0 Å². The fourth-order valence-corrected chi connectivity index (χ4v) is 6.86. The van der Waals surface area contributed by atoms with Gasteiger partial charge in [0.15, 0.2) is 25.2 Å². The van der Waals surface area contributed by atoms with E-state index in [-0.39, 0.29) is 12.6 Å². The van der Waals surface area contributed by atoms with Crippen LogP contribution in [0.2, 0.25) is 0 Å². The van der Waals surface area contributed by atoms with Crippen LogP contribution in [0.15, 0.2) is 24.3 Å². The molecule has 7 heteroatoms. The Bertz CT molecular complexity index is 746. The maximum Gasteiger partial charge on any atom is 0.180 e. The molecule has 2 unspecified atom stereocenters. The average Bonchev–Trinajstić information content (AvgIpc) is 3.24. The summed E-state index contributed by atoms with van der Waals surface area (Å²) in [6.07, 6.45) is 44.7. The van der Waals surface area contributed by atoms with Gasteiger partial charge in [-0.2, -0.15) is 0 Å². The van der Waals surface area contributed by atoms with Crippen LogP contribution in [0.3, 0.4) is 0 Å². The van der Waals surface area contributed by atoms with Crippen LogP contribution >= 0.6 is 0 Å². The van der Waals surface area contributed by atoms with E-state index in [1.807, 2.05) is 0 Å². The molecule has 0 saturated heterocycles. The molecule has 0 radical (unpaired) electrons. The maximum absolute atomic E-state index is 6.63. The first-order valence-electron chi connectivity index (χ1n) is 25.8. The molecule has 0 heterocycles. The fourth-order valence-electron chi connectivity index (χ4n) is 6.86. The lowest BCUT2D eigenvalue weighted by Crippen LogP contribution is -2.25. The van der Waals surface area contributed by atoms with E-state index in [0.717, 1.165) is 90.6 Å². The molecule has 0 bridgehead atoms. The van der Waals surface area contributed by atoms with Crippen LogP contribution in [0.5, 0.6) is 0 Å². The first-order valence-corrected chi connectivity index (χ1v) is 25.8. The highest BCUT2D eigenvalue weighted by Gasteiger charge is 2.15. The quantitative estimate of drug-likeness (QED) is 0.0343. The molecule has 0 aromatic carbocycles. The van der Waals surface area contributed by atoms with E-state index in [0.29, 0.717) is 13.2 Å². The molecule has 0 N–H and O–H groups in total. The minimum absolute atomic E-state index is 0.174. The van der Waals surface area contributed by atoms with Crippen molar-refractivity contribution in [2.75, 3.05) is 39.6 Å². The van der Waals surface area contributed by atoms with E-state index in [2.05, 4.69) is 65.8 Å². The number of hydrogen-bond acceptors (Lipinski definition) is 7. The molecular formula is C52H102O7. The van der Waals surface area contributed by atoms with Crippen molar-refractivity contribution < 1.29 is 33.2 Å².